The minimum atomic E-state index is -3.25. The predicted molar refractivity (Wildman–Crippen MR) is 104 cm³/mol. The molecule has 1 spiro atoms. The fraction of sp³-hybridized carbons (Fsp3) is 0.526. The quantitative estimate of drug-likeness (QED) is 0.786. The molecule has 2 aliphatic rings. The van der Waals surface area contributed by atoms with Crippen molar-refractivity contribution in [1.82, 2.24) is 14.2 Å². The highest BCUT2D eigenvalue weighted by Gasteiger charge is 2.44. The van der Waals surface area contributed by atoms with Crippen LogP contribution in [0.1, 0.15) is 29.8 Å². The Kier molecular flexibility index (Phi) is 5.14. The third-order valence-corrected chi connectivity index (χ3v) is 8.13. The van der Waals surface area contributed by atoms with E-state index in [-0.39, 0.29) is 11.2 Å². The first-order chi connectivity index (χ1) is 12.5. The Bertz CT molecular complexity index is 824. The Morgan fingerprint density at radius 3 is 2.73 bits per heavy atom. The summed E-state index contributed by atoms with van der Waals surface area (Å²) in [5.74, 6) is 0.104. The van der Waals surface area contributed by atoms with Crippen molar-refractivity contribution in [3.05, 3.63) is 52.5 Å². The van der Waals surface area contributed by atoms with Gasteiger partial charge in [0.15, 0.2) is 0 Å². The minimum Gasteiger partial charge on any atom is -0.296 e. The molecule has 0 amide bonds. The molecule has 2 saturated heterocycles. The zero-order chi connectivity index (χ0) is 18.0. The molecular formula is C19H25N3O2S2. The summed E-state index contributed by atoms with van der Waals surface area (Å²) < 4.78 is 27.5. The van der Waals surface area contributed by atoms with Gasteiger partial charge in [-0.05, 0) is 36.8 Å². The van der Waals surface area contributed by atoms with Gasteiger partial charge in [0, 0.05) is 31.2 Å². The van der Waals surface area contributed by atoms with E-state index in [9.17, 15) is 8.42 Å². The first-order valence-electron chi connectivity index (χ1n) is 9.17. The van der Waals surface area contributed by atoms with Crippen molar-refractivity contribution in [2.24, 2.45) is 5.41 Å². The van der Waals surface area contributed by atoms with Crippen LogP contribution in [0, 0.1) is 5.41 Å². The molecule has 2 fully saturated rings. The van der Waals surface area contributed by atoms with Gasteiger partial charge in [-0.1, -0.05) is 30.3 Å². The highest BCUT2D eigenvalue weighted by molar-refractivity contribution is 7.88. The molecule has 1 atom stereocenters. The highest BCUT2D eigenvalue weighted by Crippen LogP contribution is 2.40. The first-order valence-corrected chi connectivity index (χ1v) is 11.7. The Morgan fingerprint density at radius 1 is 1.12 bits per heavy atom. The number of benzene rings is 1. The molecule has 7 heteroatoms. The molecule has 2 aliphatic heterocycles. The van der Waals surface area contributed by atoms with Crippen molar-refractivity contribution in [1.29, 1.82) is 0 Å². The number of thiazole rings is 1. The lowest BCUT2D eigenvalue weighted by atomic mass is 9.79. The van der Waals surface area contributed by atoms with Gasteiger partial charge in [-0.25, -0.2) is 17.7 Å². The lowest BCUT2D eigenvalue weighted by molar-refractivity contribution is 0.0934. The predicted octanol–water partition coefficient (Wildman–Crippen LogP) is 2.96. The van der Waals surface area contributed by atoms with E-state index in [0.717, 1.165) is 49.5 Å². The van der Waals surface area contributed by atoms with Crippen LogP contribution < -0.4 is 0 Å². The number of sulfonamides is 1. The van der Waals surface area contributed by atoms with E-state index < -0.39 is 10.0 Å². The summed E-state index contributed by atoms with van der Waals surface area (Å²) in [6, 6.07) is 9.49. The number of nitrogens with zero attached hydrogens (tertiary/aromatic N) is 3. The average Bonchev–Trinajstić information content (AvgIpc) is 3.26. The fourth-order valence-corrected chi connectivity index (χ4v) is 6.60. The molecule has 0 bridgehead atoms. The van der Waals surface area contributed by atoms with Gasteiger partial charge in [0.05, 0.1) is 12.3 Å². The van der Waals surface area contributed by atoms with Gasteiger partial charge in [-0.15, -0.1) is 11.3 Å². The molecule has 0 saturated carbocycles. The van der Waals surface area contributed by atoms with Crippen molar-refractivity contribution in [2.45, 2.75) is 31.6 Å². The largest absolute Gasteiger partial charge is 0.296 e. The smallest absolute Gasteiger partial charge is 0.218 e. The zero-order valence-corrected chi connectivity index (χ0v) is 16.5. The second-order valence-electron chi connectivity index (χ2n) is 7.57. The van der Waals surface area contributed by atoms with Gasteiger partial charge in [0.25, 0.3) is 0 Å². The van der Waals surface area contributed by atoms with Gasteiger partial charge >= 0.3 is 0 Å². The molecule has 140 valence electrons. The number of hydrogen-bond donors (Lipinski definition) is 0. The molecule has 1 aromatic carbocycles. The van der Waals surface area contributed by atoms with Crippen LogP contribution in [0.4, 0.5) is 0 Å². The zero-order valence-electron chi connectivity index (χ0n) is 14.9. The molecule has 4 rings (SSSR count). The maximum atomic E-state index is 12.9. The molecule has 3 heterocycles. The second-order valence-corrected chi connectivity index (χ2v) is 10.5. The van der Waals surface area contributed by atoms with Gasteiger partial charge in [0.2, 0.25) is 10.0 Å². The summed E-state index contributed by atoms with van der Waals surface area (Å²) in [6.07, 6.45) is 5.08. The van der Waals surface area contributed by atoms with E-state index in [1.807, 2.05) is 41.9 Å². The van der Waals surface area contributed by atoms with E-state index in [0.29, 0.717) is 13.1 Å². The van der Waals surface area contributed by atoms with E-state index in [1.54, 1.807) is 15.6 Å². The Morgan fingerprint density at radius 2 is 1.96 bits per heavy atom. The van der Waals surface area contributed by atoms with E-state index in [4.69, 9.17) is 0 Å². The summed E-state index contributed by atoms with van der Waals surface area (Å²) in [4.78, 5) is 6.85. The van der Waals surface area contributed by atoms with Crippen molar-refractivity contribution >= 4 is 21.4 Å². The lowest BCUT2D eigenvalue weighted by Gasteiger charge is -2.40. The van der Waals surface area contributed by atoms with Crippen molar-refractivity contribution in [2.75, 3.05) is 26.2 Å². The van der Waals surface area contributed by atoms with Crippen LogP contribution >= 0.6 is 11.3 Å². The van der Waals surface area contributed by atoms with Crippen LogP contribution in [0.5, 0.6) is 0 Å². The molecule has 0 N–H and O–H groups in total. The second kappa shape index (κ2) is 7.38. The minimum absolute atomic E-state index is 0.104. The molecule has 0 unspecified atom stereocenters. The van der Waals surface area contributed by atoms with Crippen molar-refractivity contribution in [3.63, 3.8) is 0 Å². The molecule has 1 aromatic heterocycles. The van der Waals surface area contributed by atoms with Crippen molar-refractivity contribution < 1.29 is 8.42 Å². The monoisotopic (exact) mass is 391 g/mol. The van der Waals surface area contributed by atoms with Gasteiger partial charge in [-0.2, -0.15) is 0 Å². The molecule has 5 nitrogen and oxygen atoms in total. The van der Waals surface area contributed by atoms with E-state index in [2.05, 4.69) is 9.88 Å². The molecule has 26 heavy (non-hydrogen) atoms. The summed E-state index contributed by atoms with van der Waals surface area (Å²) >= 11 is 1.69. The maximum Gasteiger partial charge on any atom is 0.218 e. The van der Waals surface area contributed by atoms with Crippen LogP contribution in [0.25, 0.3) is 0 Å². The standard InChI is InChI=1S/C19H25N3O2S2/c23-26(24,14-17-5-2-1-3-6-17)22-11-8-19(16-22)7-4-10-21(15-19)13-18-20-9-12-25-18/h1-3,5-6,9,12H,4,7-8,10-11,13-16H2/t19-/m1/s1. The Hall–Kier alpha value is -1.28. The fourth-order valence-electron chi connectivity index (χ4n) is 4.31. The average molecular weight is 392 g/mol. The van der Waals surface area contributed by atoms with Crippen LogP contribution in [0.2, 0.25) is 0 Å². The number of piperidine rings is 1. The van der Waals surface area contributed by atoms with E-state index in [1.165, 1.54) is 0 Å². The van der Waals surface area contributed by atoms with Crippen LogP contribution in [-0.4, -0.2) is 48.8 Å². The number of hydrogen-bond acceptors (Lipinski definition) is 5. The summed E-state index contributed by atoms with van der Waals surface area (Å²) in [6.45, 7) is 4.26. The van der Waals surface area contributed by atoms with Crippen LogP contribution in [-0.2, 0) is 22.3 Å². The molecule has 0 radical (unpaired) electrons. The summed E-state index contributed by atoms with van der Waals surface area (Å²) in [7, 11) is -3.25. The highest BCUT2D eigenvalue weighted by atomic mass is 32.2. The Labute approximate surface area is 159 Å². The maximum absolute atomic E-state index is 12.9. The normalized spacial score (nSPS) is 25.1. The summed E-state index contributed by atoms with van der Waals surface area (Å²) in [5.41, 5.74) is 0.974. The van der Waals surface area contributed by atoms with Gasteiger partial charge < -0.3 is 0 Å². The molecule has 0 aliphatic carbocycles. The Balaban J connectivity index is 1.41. The first kappa shape index (κ1) is 18.1. The van der Waals surface area contributed by atoms with Crippen molar-refractivity contribution in [3.8, 4) is 0 Å². The van der Waals surface area contributed by atoms with Gasteiger partial charge in [-0.3, -0.25) is 4.90 Å². The van der Waals surface area contributed by atoms with Crippen LogP contribution in [0.15, 0.2) is 41.9 Å². The lowest BCUT2D eigenvalue weighted by Crippen LogP contribution is -2.45. The number of aromatic nitrogens is 1. The molecule has 2 aromatic rings. The third kappa shape index (κ3) is 4.01. The topological polar surface area (TPSA) is 53.5 Å². The van der Waals surface area contributed by atoms with Gasteiger partial charge in [0.1, 0.15) is 5.01 Å². The SMILES string of the molecule is O=S(=O)(Cc1ccccc1)N1CC[C@@]2(CCCN(Cc3nccs3)C2)C1. The third-order valence-electron chi connectivity index (χ3n) is 5.57. The number of rotatable bonds is 5. The van der Waals surface area contributed by atoms with E-state index >= 15 is 0 Å². The summed E-state index contributed by atoms with van der Waals surface area (Å²) in [5, 5.41) is 3.16. The number of likely N-dealkylation sites (tertiary alicyclic amines) is 1. The van der Waals surface area contributed by atoms with Crippen LogP contribution in [0.3, 0.4) is 0 Å². The molecular weight excluding hydrogens is 366 g/mol.